The molecule has 2 N–H and O–H groups in total. The van der Waals surface area contributed by atoms with Crippen LogP contribution in [0.5, 0.6) is 0 Å². The number of hydrogen-bond donors (Lipinski definition) is 2. The Bertz CT molecular complexity index is 497. The molecule has 0 spiro atoms. The molecule has 1 aromatic rings. The summed E-state index contributed by atoms with van der Waals surface area (Å²) in [4.78, 5) is 14.5. The van der Waals surface area contributed by atoms with E-state index in [9.17, 15) is 4.79 Å². The number of hydrogen-bond acceptors (Lipinski definition) is 3. The second-order valence-corrected chi connectivity index (χ2v) is 6.39. The molecule has 1 amide bonds. The highest BCUT2D eigenvalue weighted by Crippen LogP contribution is 2.27. The van der Waals surface area contributed by atoms with Gasteiger partial charge in [0.05, 0.1) is 5.92 Å². The normalized spacial score (nSPS) is 17.9. The van der Waals surface area contributed by atoms with E-state index in [1.807, 2.05) is 14.1 Å². The summed E-state index contributed by atoms with van der Waals surface area (Å²) in [6, 6.07) is 6.54. The number of nitrogens with one attached hydrogen (secondary N) is 2. The zero-order chi connectivity index (χ0) is 15.4. The van der Waals surface area contributed by atoms with Crippen LogP contribution in [0.1, 0.15) is 42.4 Å². The lowest BCUT2D eigenvalue weighted by molar-refractivity contribution is -0.122. The first-order valence-electron chi connectivity index (χ1n) is 7.75. The third-order valence-electron chi connectivity index (χ3n) is 4.05. The lowest BCUT2D eigenvalue weighted by Crippen LogP contribution is -2.41. The van der Waals surface area contributed by atoms with Gasteiger partial charge in [-0.3, -0.25) is 4.79 Å². The van der Waals surface area contributed by atoms with E-state index < -0.39 is 0 Å². The minimum Gasteiger partial charge on any atom is -0.354 e. The van der Waals surface area contributed by atoms with Crippen LogP contribution >= 0.6 is 0 Å². The molecule has 116 valence electrons. The van der Waals surface area contributed by atoms with E-state index in [0.717, 1.165) is 19.6 Å². The Kier molecular flexibility index (Phi) is 5.37. The first kappa shape index (κ1) is 16.0. The van der Waals surface area contributed by atoms with Crippen LogP contribution < -0.4 is 10.6 Å². The number of amides is 1. The van der Waals surface area contributed by atoms with Gasteiger partial charge in [0, 0.05) is 26.2 Å². The van der Waals surface area contributed by atoms with Gasteiger partial charge in [0.2, 0.25) is 5.91 Å². The van der Waals surface area contributed by atoms with Gasteiger partial charge in [-0.2, -0.15) is 0 Å². The van der Waals surface area contributed by atoms with Crippen molar-refractivity contribution < 1.29 is 4.79 Å². The Balaban J connectivity index is 2.09. The van der Waals surface area contributed by atoms with Crippen LogP contribution in [0.2, 0.25) is 0 Å². The fourth-order valence-electron chi connectivity index (χ4n) is 2.70. The molecule has 21 heavy (non-hydrogen) atoms. The van der Waals surface area contributed by atoms with E-state index in [4.69, 9.17) is 0 Å². The maximum atomic E-state index is 12.4. The maximum Gasteiger partial charge on any atom is 0.228 e. The summed E-state index contributed by atoms with van der Waals surface area (Å²) >= 11 is 0. The zero-order valence-electron chi connectivity index (χ0n) is 13.6. The predicted molar refractivity (Wildman–Crippen MR) is 86.5 cm³/mol. The van der Waals surface area contributed by atoms with E-state index in [0.29, 0.717) is 12.5 Å². The SMILES string of the molecule is CC(C)c1ccc2c(c1)CNCC2C(=O)NCCN(C)C. The zero-order valence-corrected chi connectivity index (χ0v) is 13.6. The van der Waals surface area contributed by atoms with E-state index in [2.05, 4.69) is 47.6 Å². The summed E-state index contributed by atoms with van der Waals surface area (Å²) < 4.78 is 0. The van der Waals surface area contributed by atoms with Gasteiger partial charge in [0.25, 0.3) is 0 Å². The van der Waals surface area contributed by atoms with Crippen molar-refractivity contribution in [2.75, 3.05) is 33.7 Å². The molecule has 1 aliphatic rings. The molecule has 0 saturated carbocycles. The number of benzene rings is 1. The van der Waals surface area contributed by atoms with Crippen molar-refractivity contribution in [3.8, 4) is 0 Å². The Morgan fingerprint density at radius 3 is 2.86 bits per heavy atom. The van der Waals surface area contributed by atoms with Crippen LogP contribution in [-0.2, 0) is 11.3 Å². The molecule has 0 aromatic heterocycles. The van der Waals surface area contributed by atoms with Crippen molar-refractivity contribution in [2.45, 2.75) is 32.2 Å². The van der Waals surface area contributed by atoms with Crippen LogP contribution in [-0.4, -0.2) is 44.5 Å². The molecule has 4 nitrogen and oxygen atoms in total. The quantitative estimate of drug-likeness (QED) is 0.867. The summed E-state index contributed by atoms with van der Waals surface area (Å²) in [7, 11) is 4.02. The smallest absolute Gasteiger partial charge is 0.228 e. The molecule has 4 heteroatoms. The fraction of sp³-hybridized carbons (Fsp3) is 0.588. The van der Waals surface area contributed by atoms with E-state index >= 15 is 0 Å². The molecule has 1 aliphatic heterocycles. The average Bonchev–Trinajstić information content (AvgIpc) is 2.45. The Morgan fingerprint density at radius 1 is 1.43 bits per heavy atom. The molecule has 0 fully saturated rings. The molecule has 1 atom stereocenters. The van der Waals surface area contributed by atoms with E-state index in [-0.39, 0.29) is 11.8 Å². The number of nitrogens with zero attached hydrogens (tertiary/aromatic N) is 1. The molecular formula is C17H27N3O. The summed E-state index contributed by atoms with van der Waals surface area (Å²) in [5.74, 6) is 0.573. The number of carbonyl (C=O) groups excluding carboxylic acids is 1. The highest BCUT2D eigenvalue weighted by Gasteiger charge is 2.26. The minimum atomic E-state index is -0.0721. The van der Waals surface area contributed by atoms with Crippen molar-refractivity contribution in [3.05, 3.63) is 34.9 Å². The van der Waals surface area contributed by atoms with Crippen molar-refractivity contribution in [2.24, 2.45) is 0 Å². The fourth-order valence-corrected chi connectivity index (χ4v) is 2.70. The largest absolute Gasteiger partial charge is 0.354 e. The first-order chi connectivity index (χ1) is 9.99. The lowest BCUT2D eigenvalue weighted by Gasteiger charge is -2.27. The molecule has 0 saturated heterocycles. The van der Waals surface area contributed by atoms with Crippen molar-refractivity contribution in [3.63, 3.8) is 0 Å². The second-order valence-electron chi connectivity index (χ2n) is 6.39. The van der Waals surface area contributed by atoms with Crippen molar-refractivity contribution in [1.29, 1.82) is 0 Å². The van der Waals surface area contributed by atoms with Gasteiger partial charge in [-0.05, 0) is 36.7 Å². The van der Waals surface area contributed by atoms with E-state index in [1.54, 1.807) is 0 Å². The van der Waals surface area contributed by atoms with Gasteiger partial charge in [-0.1, -0.05) is 32.0 Å². The number of likely N-dealkylation sites (N-methyl/N-ethyl adjacent to an activating group) is 1. The van der Waals surface area contributed by atoms with Crippen molar-refractivity contribution in [1.82, 2.24) is 15.5 Å². The highest BCUT2D eigenvalue weighted by molar-refractivity contribution is 5.84. The van der Waals surface area contributed by atoms with E-state index in [1.165, 1.54) is 16.7 Å². The Morgan fingerprint density at radius 2 is 2.19 bits per heavy atom. The predicted octanol–water partition coefficient (Wildman–Crippen LogP) is 1.67. The number of fused-ring (bicyclic) bond motifs is 1. The molecule has 1 heterocycles. The molecule has 1 unspecified atom stereocenters. The van der Waals surface area contributed by atoms with Gasteiger partial charge < -0.3 is 15.5 Å². The van der Waals surface area contributed by atoms with Crippen LogP contribution in [0, 0.1) is 0 Å². The monoisotopic (exact) mass is 289 g/mol. The summed E-state index contributed by atoms with van der Waals surface area (Å²) in [6.45, 7) is 7.54. The second kappa shape index (κ2) is 7.05. The molecule has 2 rings (SSSR count). The lowest BCUT2D eigenvalue weighted by atomic mass is 9.87. The molecule has 1 aromatic carbocycles. The highest BCUT2D eigenvalue weighted by atomic mass is 16.1. The number of rotatable bonds is 5. The van der Waals surface area contributed by atoms with Crippen LogP contribution in [0.15, 0.2) is 18.2 Å². The standard InChI is InChI=1S/C17H27N3O/c1-12(2)13-5-6-15-14(9-13)10-18-11-16(15)17(21)19-7-8-20(3)4/h5-6,9,12,16,18H,7-8,10-11H2,1-4H3,(H,19,21). The Labute approximate surface area is 127 Å². The maximum absolute atomic E-state index is 12.4. The molecular weight excluding hydrogens is 262 g/mol. The summed E-state index contributed by atoms with van der Waals surface area (Å²) in [5, 5.41) is 6.41. The van der Waals surface area contributed by atoms with Crippen LogP contribution in [0.25, 0.3) is 0 Å². The first-order valence-corrected chi connectivity index (χ1v) is 7.75. The Hall–Kier alpha value is -1.39. The van der Waals surface area contributed by atoms with Gasteiger partial charge >= 0.3 is 0 Å². The van der Waals surface area contributed by atoms with Gasteiger partial charge in [0.1, 0.15) is 0 Å². The third kappa shape index (κ3) is 4.05. The minimum absolute atomic E-state index is 0.0721. The molecule has 0 radical (unpaired) electrons. The van der Waals surface area contributed by atoms with Gasteiger partial charge in [-0.25, -0.2) is 0 Å². The van der Waals surface area contributed by atoms with Gasteiger partial charge in [-0.15, -0.1) is 0 Å². The topological polar surface area (TPSA) is 44.4 Å². The average molecular weight is 289 g/mol. The van der Waals surface area contributed by atoms with Crippen molar-refractivity contribution >= 4 is 5.91 Å². The van der Waals surface area contributed by atoms with Crippen LogP contribution in [0.3, 0.4) is 0 Å². The third-order valence-corrected chi connectivity index (χ3v) is 4.05. The molecule has 0 bridgehead atoms. The van der Waals surface area contributed by atoms with Gasteiger partial charge in [0.15, 0.2) is 0 Å². The molecule has 0 aliphatic carbocycles. The summed E-state index contributed by atoms with van der Waals surface area (Å²) in [5.41, 5.74) is 3.78. The number of carbonyl (C=O) groups is 1. The summed E-state index contributed by atoms with van der Waals surface area (Å²) in [6.07, 6.45) is 0. The van der Waals surface area contributed by atoms with Crippen LogP contribution in [0.4, 0.5) is 0 Å².